The molecule has 0 saturated carbocycles. The van der Waals surface area contributed by atoms with Crippen LogP contribution in [0.4, 0.5) is 0 Å². The van der Waals surface area contributed by atoms with Crippen molar-refractivity contribution < 1.29 is 4.74 Å². The molecule has 2 aromatic rings. The van der Waals surface area contributed by atoms with Crippen molar-refractivity contribution in [3.8, 4) is 5.75 Å². The van der Waals surface area contributed by atoms with Gasteiger partial charge in [0.1, 0.15) is 5.75 Å². The molecule has 1 atom stereocenters. The first-order chi connectivity index (χ1) is 10.1. The number of rotatable bonds is 4. The van der Waals surface area contributed by atoms with E-state index in [0.29, 0.717) is 0 Å². The highest BCUT2D eigenvalue weighted by Crippen LogP contribution is 2.41. The van der Waals surface area contributed by atoms with Gasteiger partial charge in [-0.15, -0.1) is 11.3 Å². The Labute approximate surface area is 142 Å². The number of benzene rings is 1. The number of aryl methyl sites for hydroxylation is 1. The summed E-state index contributed by atoms with van der Waals surface area (Å²) >= 11 is 11.7. The van der Waals surface area contributed by atoms with Crippen LogP contribution in [0.5, 0.6) is 5.75 Å². The molecule has 1 unspecified atom stereocenters. The topological polar surface area (TPSA) is 21.3 Å². The number of hydrogen-bond acceptors (Lipinski definition) is 3. The molecule has 0 bridgehead atoms. The van der Waals surface area contributed by atoms with E-state index in [4.69, 9.17) is 16.3 Å². The van der Waals surface area contributed by atoms with Crippen molar-refractivity contribution in [1.29, 1.82) is 0 Å². The van der Waals surface area contributed by atoms with Gasteiger partial charge in [-0.25, -0.2) is 0 Å². The molecular formula is C16H17BrClNOS. The van der Waals surface area contributed by atoms with E-state index >= 15 is 0 Å². The zero-order chi connectivity index (χ0) is 15.0. The Hall–Kier alpha value is -0.550. The maximum absolute atomic E-state index is 6.31. The van der Waals surface area contributed by atoms with Crippen molar-refractivity contribution in [2.24, 2.45) is 0 Å². The normalized spacial score (nSPS) is 14.9. The number of ether oxygens (including phenoxy) is 1. The second kappa shape index (κ2) is 6.29. The summed E-state index contributed by atoms with van der Waals surface area (Å²) in [6.07, 6.45) is 0.939. The summed E-state index contributed by atoms with van der Waals surface area (Å²) in [5.74, 6) is 1.01. The smallest absolute Gasteiger partial charge is 0.127 e. The van der Waals surface area contributed by atoms with Crippen LogP contribution in [0, 0.1) is 6.92 Å². The SMILES string of the molecule is CCNC(c1cc(C)c(Br)s1)c1cc(Cl)cc2c1OCC2. The van der Waals surface area contributed by atoms with Crippen molar-refractivity contribution >= 4 is 38.9 Å². The minimum absolute atomic E-state index is 0.121. The Bertz CT molecular complexity index is 651. The number of thiophene rings is 1. The van der Waals surface area contributed by atoms with Crippen molar-refractivity contribution in [3.05, 3.63) is 48.6 Å². The van der Waals surface area contributed by atoms with Crippen molar-refractivity contribution in [2.75, 3.05) is 13.2 Å². The molecule has 0 radical (unpaired) electrons. The zero-order valence-electron chi connectivity index (χ0n) is 12.0. The molecule has 5 heteroatoms. The molecule has 3 rings (SSSR count). The Morgan fingerprint density at radius 1 is 1.43 bits per heavy atom. The summed E-state index contributed by atoms with van der Waals surface area (Å²) in [5.41, 5.74) is 3.62. The lowest BCUT2D eigenvalue weighted by atomic mass is 10.00. The predicted octanol–water partition coefficient (Wildman–Crippen LogP) is 5.11. The van der Waals surface area contributed by atoms with Crippen molar-refractivity contribution in [2.45, 2.75) is 26.3 Å². The lowest BCUT2D eigenvalue weighted by Gasteiger charge is -2.20. The Kier molecular flexibility index (Phi) is 4.60. The monoisotopic (exact) mass is 385 g/mol. The quantitative estimate of drug-likeness (QED) is 0.788. The van der Waals surface area contributed by atoms with Crippen LogP contribution in [0.3, 0.4) is 0 Å². The molecule has 0 saturated heterocycles. The van der Waals surface area contributed by atoms with Crippen LogP contribution in [-0.4, -0.2) is 13.2 Å². The lowest BCUT2D eigenvalue weighted by Crippen LogP contribution is -2.21. The fourth-order valence-electron chi connectivity index (χ4n) is 2.71. The van der Waals surface area contributed by atoms with Crippen LogP contribution in [0.1, 0.15) is 34.5 Å². The molecule has 0 amide bonds. The maximum Gasteiger partial charge on any atom is 0.127 e. The summed E-state index contributed by atoms with van der Waals surface area (Å²) < 4.78 is 7.05. The fraction of sp³-hybridized carbons (Fsp3) is 0.375. The summed E-state index contributed by atoms with van der Waals surface area (Å²) in [7, 11) is 0. The van der Waals surface area contributed by atoms with Gasteiger partial charge in [-0.3, -0.25) is 0 Å². The molecule has 2 heterocycles. The Morgan fingerprint density at radius 2 is 2.24 bits per heavy atom. The van der Waals surface area contributed by atoms with Crippen LogP contribution >= 0.6 is 38.9 Å². The minimum Gasteiger partial charge on any atom is -0.493 e. The minimum atomic E-state index is 0.121. The van der Waals surface area contributed by atoms with Crippen LogP contribution < -0.4 is 10.1 Å². The highest BCUT2D eigenvalue weighted by molar-refractivity contribution is 9.11. The summed E-state index contributed by atoms with van der Waals surface area (Å²) in [4.78, 5) is 1.28. The summed E-state index contributed by atoms with van der Waals surface area (Å²) in [6.45, 7) is 5.87. The van der Waals surface area contributed by atoms with Crippen LogP contribution in [0.25, 0.3) is 0 Å². The van der Waals surface area contributed by atoms with Crippen LogP contribution in [0.2, 0.25) is 5.02 Å². The Morgan fingerprint density at radius 3 is 2.90 bits per heavy atom. The second-order valence-electron chi connectivity index (χ2n) is 5.18. The molecule has 21 heavy (non-hydrogen) atoms. The molecular weight excluding hydrogens is 370 g/mol. The van der Waals surface area contributed by atoms with E-state index < -0.39 is 0 Å². The third-order valence-electron chi connectivity index (χ3n) is 3.66. The molecule has 1 aliphatic heterocycles. The predicted molar refractivity (Wildman–Crippen MR) is 92.9 cm³/mol. The van der Waals surface area contributed by atoms with Gasteiger partial charge >= 0.3 is 0 Å². The molecule has 1 aromatic heterocycles. The first kappa shape index (κ1) is 15.3. The number of halogens is 2. The highest BCUT2D eigenvalue weighted by atomic mass is 79.9. The van der Waals surface area contributed by atoms with E-state index in [2.05, 4.69) is 41.2 Å². The average Bonchev–Trinajstić information content (AvgIpc) is 3.02. The van der Waals surface area contributed by atoms with E-state index in [9.17, 15) is 0 Å². The third kappa shape index (κ3) is 3.00. The van der Waals surface area contributed by atoms with E-state index in [-0.39, 0.29) is 6.04 Å². The number of nitrogens with one attached hydrogen (secondary N) is 1. The lowest BCUT2D eigenvalue weighted by molar-refractivity contribution is 0.351. The standard InChI is InChI=1S/C16H17BrClNOS/c1-3-19-14(13-6-9(2)16(17)21-13)12-8-11(18)7-10-4-5-20-15(10)12/h6-8,14,19H,3-5H2,1-2H3. The third-order valence-corrected chi connectivity index (χ3v) is 6.08. The number of fused-ring (bicyclic) bond motifs is 1. The summed E-state index contributed by atoms with van der Waals surface area (Å²) in [5, 5.41) is 4.35. The fourth-order valence-corrected chi connectivity index (χ4v) is 4.62. The maximum atomic E-state index is 6.31. The molecule has 1 aliphatic rings. The zero-order valence-corrected chi connectivity index (χ0v) is 15.2. The van der Waals surface area contributed by atoms with Gasteiger partial charge in [0.25, 0.3) is 0 Å². The van der Waals surface area contributed by atoms with Gasteiger partial charge in [0.15, 0.2) is 0 Å². The van der Waals surface area contributed by atoms with E-state index in [1.54, 1.807) is 11.3 Å². The van der Waals surface area contributed by atoms with Gasteiger partial charge in [-0.05, 0) is 58.7 Å². The highest BCUT2D eigenvalue weighted by Gasteiger charge is 2.25. The van der Waals surface area contributed by atoms with Gasteiger partial charge in [-0.1, -0.05) is 18.5 Å². The molecule has 0 aliphatic carbocycles. The second-order valence-corrected chi connectivity index (χ2v) is 8.02. The molecule has 0 spiro atoms. The van der Waals surface area contributed by atoms with Crippen molar-refractivity contribution in [3.63, 3.8) is 0 Å². The van der Waals surface area contributed by atoms with Gasteiger partial charge < -0.3 is 10.1 Å². The van der Waals surface area contributed by atoms with Gasteiger partial charge in [0.05, 0.1) is 16.4 Å². The summed E-state index contributed by atoms with van der Waals surface area (Å²) in [6, 6.07) is 6.40. The molecule has 112 valence electrons. The molecule has 0 fully saturated rings. The van der Waals surface area contributed by atoms with Gasteiger partial charge in [0.2, 0.25) is 0 Å². The molecule has 1 aromatic carbocycles. The van der Waals surface area contributed by atoms with Crippen LogP contribution in [0.15, 0.2) is 22.0 Å². The largest absolute Gasteiger partial charge is 0.493 e. The molecule has 1 N–H and O–H groups in total. The van der Waals surface area contributed by atoms with E-state index in [0.717, 1.165) is 35.9 Å². The van der Waals surface area contributed by atoms with E-state index in [1.165, 1.54) is 19.8 Å². The van der Waals surface area contributed by atoms with Crippen LogP contribution in [-0.2, 0) is 6.42 Å². The number of hydrogen-bond donors (Lipinski definition) is 1. The average molecular weight is 387 g/mol. The first-order valence-corrected chi connectivity index (χ1v) is 9.03. The first-order valence-electron chi connectivity index (χ1n) is 7.04. The molecule has 2 nitrogen and oxygen atoms in total. The van der Waals surface area contributed by atoms with Gasteiger partial charge in [-0.2, -0.15) is 0 Å². The van der Waals surface area contributed by atoms with Gasteiger partial charge in [0, 0.05) is 21.9 Å². The van der Waals surface area contributed by atoms with Crippen molar-refractivity contribution in [1.82, 2.24) is 5.32 Å². The van der Waals surface area contributed by atoms with E-state index in [1.807, 2.05) is 12.1 Å². The Balaban J connectivity index is 2.09.